The molecule has 1 amide bonds. The lowest BCUT2D eigenvalue weighted by molar-refractivity contribution is 0.0694. The fourth-order valence-electron chi connectivity index (χ4n) is 2.05. The van der Waals surface area contributed by atoms with E-state index in [4.69, 9.17) is 21.1 Å². The van der Waals surface area contributed by atoms with Crippen LogP contribution in [0.15, 0.2) is 28.7 Å². The Labute approximate surface area is 133 Å². The Morgan fingerprint density at radius 2 is 2.00 bits per heavy atom. The maximum absolute atomic E-state index is 12.4. The lowest BCUT2D eigenvalue weighted by Gasteiger charge is -2.16. The van der Waals surface area contributed by atoms with Gasteiger partial charge in [0.1, 0.15) is 11.3 Å². The van der Waals surface area contributed by atoms with E-state index >= 15 is 0 Å². The standard InChI is InChI=1S/C16H16ClNO4/c1-4-13-11(16(20)21)8-14(22-13)15(19)18(3)10-6-5-9(2)12(17)7-10/h5-8H,4H2,1-3H3,(H,20,21). The molecule has 2 rings (SSSR count). The van der Waals surface area contributed by atoms with Gasteiger partial charge in [-0.05, 0) is 24.6 Å². The van der Waals surface area contributed by atoms with Crippen molar-refractivity contribution in [2.24, 2.45) is 0 Å². The van der Waals surface area contributed by atoms with Crippen molar-refractivity contribution in [1.82, 2.24) is 0 Å². The van der Waals surface area contributed by atoms with Crippen LogP contribution in [0.2, 0.25) is 5.02 Å². The number of halogens is 1. The predicted octanol–water partition coefficient (Wildman–Crippen LogP) is 3.78. The number of anilines is 1. The predicted molar refractivity (Wildman–Crippen MR) is 84.0 cm³/mol. The summed E-state index contributed by atoms with van der Waals surface area (Å²) >= 11 is 6.06. The van der Waals surface area contributed by atoms with Crippen LogP contribution in [-0.4, -0.2) is 24.0 Å². The van der Waals surface area contributed by atoms with Crippen LogP contribution in [0.4, 0.5) is 5.69 Å². The van der Waals surface area contributed by atoms with E-state index in [0.717, 1.165) is 5.56 Å². The van der Waals surface area contributed by atoms with Gasteiger partial charge in [0.15, 0.2) is 5.76 Å². The summed E-state index contributed by atoms with van der Waals surface area (Å²) in [5, 5.41) is 9.66. The highest BCUT2D eigenvalue weighted by Crippen LogP contribution is 2.25. The van der Waals surface area contributed by atoms with E-state index in [1.807, 2.05) is 13.0 Å². The molecule has 1 aromatic carbocycles. The van der Waals surface area contributed by atoms with Gasteiger partial charge in [0.05, 0.1) is 0 Å². The normalized spacial score (nSPS) is 10.5. The van der Waals surface area contributed by atoms with Crippen LogP contribution in [0.25, 0.3) is 0 Å². The van der Waals surface area contributed by atoms with E-state index in [-0.39, 0.29) is 17.1 Å². The fourth-order valence-corrected chi connectivity index (χ4v) is 2.23. The molecule has 5 nitrogen and oxygen atoms in total. The molecule has 1 N–H and O–H groups in total. The zero-order valence-corrected chi connectivity index (χ0v) is 13.3. The summed E-state index contributed by atoms with van der Waals surface area (Å²) in [4.78, 5) is 24.9. The summed E-state index contributed by atoms with van der Waals surface area (Å²) in [5.74, 6) is -1.26. The van der Waals surface area contributed by atoms with E-state index in [2.05, 4.69) is 0 Å². The Kier molecular flexibility index (Phi) is 4.56. The molecule has 2 aromatic rings. The number of hydrogen-bond acceptors (Lipinski definition) is 3. The number of carboxylic acids is 1. The quantitative estimate of drug-likeness (QED) is 0.930. The molecule has 6 heteroatoms. The molecule has 0 aliphatic heterocycles. The number of aryl methyl sites for hydroxylation is 2. The van der Waals surface area contributed by atoms with Crippen LogP contribution in [0.3, 0.4) is 0 Å². The van der Waals surface area contributed by atoms with E-state index in [1.165, 1.54) is 11.0 Å². The summed E-state index contributed by atoms with van der Waals surface area (Å²) in [6, 6.07) is 6.51. The second-order valence-electron chi connectivity index (χ2n) is 4.90. The Morgan fingerprint density at radius 1 is 1.32 bits per heavy atom. The van der Waals surface area contributed by atoms with Crippen molar-refractivity contribution in [1.29, 1.82) is 0 Å². The van der Waals surface area contributed by atoms with Gasteiger partial charge in [-0.3, -0.25) is 4.79 Å². The first kappa shape index (κ1) is 16.1. The maximum Gasteiger partial charge on any atom is 0.339 e. The number of rotatable bonds is 4. The molecule has 1 aromatic heterocycles. The third kappa shape index (κ3) is 2.99. The minimum atomic E-state index is -1.11. The number of hydrogen-bond donors (Lipinski definition) is 1. The number of benzene rings is 1. The monoisotopic (exact) mass is 321 g/mol. The zero-order valence-electron chi connectivity index (χ0n) is 12.5. The number of amides is 1. The first-order valence-corrected chi connectivity index (χ1v) is 7.13. The Hall–Kier alpha value is -2.27. The van der Waals surface area contributed by atoms with E-state index in [0.29, 0.717) is 17.1 Å². The molecular weight excluding hydrogens is 306 g/mol. The highest BCUT2D eigenvalue weighted by Gasteiger charge is 2.23. The second kappa shape index (κ2) is 6.23. The summed E-state index contributed by atoms with van der Waals surface area (Å²) in [6.07, 6.45) is 0.398. The SMILES string of the molecule is CCc1oc(C(=O)N(C)c2ccc(C)c(Cl)c2)cc1C(=O)O. The molecule has 0 spiro atoms. The van der Waals surface area contributed by atoms with Gasteiger partial charge < -0.3 is 14.4 Å². The smallest absolute Gasteiger partial charge is 0.339 e. The van der Waals surface area contributed by atoms with Crippen molar-refractivity contribution < 1.29 is 19.1 Å². The summed E-state index contributed by atoms with van der Waals surface area (Å²) < 4.78 is 5.38. The van der Waals surface area contributed by atoms with Crippen molar-refractivity contribution in [3.63, 3.8) is 0 Å². The van der Waals surface area contributed by atoms with Gasteiger partial charge in [-0.2, -0.15) is 0 Å². The highest BCUT2D eigenvalue weighted by molar-refractivity contribution is 6.31. The summed E-state index contributed by atoms with van der Waals surface area (Å²) in [5.41, 5.74) is 1.53. The average molecular weight is 322 g/mol. The average Bonchev–Trinajstić information content (AvgIpc) is 2.93. The largest absolute Gasteiger partial charge is 0.478 e. The second-order valence-corrected chi connectivity index (χ2v) is 5.31. The van der Waals surface area contributed by atoms with Crippen molar-refractivity contribution >= 4 is 29.2 Å². The van der Waals surface area contributed by atoms with Crippen LogP contribution in [0, 0.1) is 6.92 Å². The molecule has 0 aliphatic carbocycles. The van der Waals surface area contributed by atoms with E-state index < -0.39 is 11.9 Å². The van der Waals surface area contributed by atoms with Gasteiger partial charge in [0.25, 0.3) is 5.91 Å². The van der Waals surface area contributed by atoms with Crippen LogP contribution < -0.4 is 4.90 Å². The Bertz CT molecular complexity index is 736. The van der Waals surface area contributed by atoms with Gasteiger partial charge in [-0.25, -0.2) is 4.79 Å². The molecule has 0 saturated carbocycles. The number of carbonyl (C=O) groups is 2. The molecule has 1 heterocycles. The zero-order chi connectivity index (χ0) is 16.4. The molecule has 0 aliphatic rings. The molecule has 0 radical (unpaired) electrons. The third-order valence-corrected chi connectivity index (χ3v) is 3.83. The molecule has 116 valence electrons. The molecular formula is C16H16ClNO4. The summed E-state index contributed by atoms with van der Waals surface area (Å²) in [6.45, 7) is 3.64. The lowest BCUT2D eigenvalue weighted by atomic mass is 10.2. The van der Waals surface area contributed by atoms with E-state index in [9.17, 15) is 9.59 Å². The number of carbonyl (C=O) groups excluding carboxylic acids is 1. The molecule has 0 bridgehead atoms. The van der Waals surface area contributed by atoms with Crippen LogP contribution >= 0.6 is 11.6 Å². The van der Waals surface area contributed by atoms with E-state index in [1.54, 1.807) is 26.1 Å². The van der Waals surface area contributed by atoms with Gasteiger partial charge in [-0.15, -0.1) is 0 Å². The van der Waals surface area contributed by atoms with Crippen molar-refractivity contribution in [2.45, 2.75) is 20.3 Å². The number of furan rings is 1. The molecule has 0 saturated heterocycles. The van der Waals surface area contributed by atoms with Gasteiger partial charge in [-0.1, -0.05) is 24.6 Å². The van der Waals surface area contributed by atoms with Gasteiger partial charge >= 0.3 is 5.97 Å². The lowest BCUT2D eigenvalue weighted by Crippen LogP contribution is -2.25. The molecule has 0 atom stereocenters. The molecule has 0 fully saturated rings. The number of aromatic carboxylic acids is 1. The van der Waals surface area contributed by atoms with Crippen LogP contribution in [0.1, 0.15) is 39.2 Å². The first-order valence-electron chi connectivity index (χ1n) is 6.75. The van der Waals surface area contributed by atoms with Crippen molar-refractivity contribution in [3.05, 3.63) is 51.9 Å². The topological polar surface area (TPSA) is 70.8 Å². The van der Waals surface area contributed by atoms with Gasteiger partial charge in [0.2, 0.25) is 0 Å². The maximum atomic E-state index is 12.4. The summed E-state index contributed by atoms with van der Waals surface area (Å²) in [7, 11) is 1.58. The fraction of sp³-hybridized carbons (Fsp3) is 0.250. The highest BCUT2D eigenvalue weighted by atomic mass is 35.5. The molecule has 22 heavy (non-hydrogen) atoms. The first-order chi connectivity index (χ1) is 10.3. The Balaban J connectivity index is 2.34. The minimum Gasteiger partial charge on any atom is -0.478 e. The van der Waals surface area contributed by atoms with Crippen LogP contribution in [0.5, 0.6) is 0 Å². The van der Waals surface area contributed by atoms with Crippen molar-refractivity contribution in [2.75, 3.05) is 11.9 Å². The number of nitrogens with zero attached hydrogens (tertiary/aromatic N) is 1. The molecule has 0 unspecified atom stereocenters. The van der Waals surface area contributed by atoms with Crippen molar-refractivity contribution in [3.8, 4) is 0 Å². The minimum absolute atomic E-state index is 0.00607. The number of carboxylic acid groups (broad SMARTS) is 1. The Morgan fingerprint density at radius 3 is 2.50 bits per heavy atom. The van der Waals surface area contributed by atoms with Crippen LogP contribution in [-0.2, 0) is 6.42 Å². The third-order valence-electron chi connectivity index (χ3n) is 3.42. The van der Waals surface area contributed by atoms with Gasteiger partial charge in [0, 0.05) is 30.2 Å².